The Labute approximate surface area is 183 Å². The van der Waals surface area contributed by atoms with Crippen molar-refractivity contribution in [3.8, 4) is 23.0 Å². The van der Waals surface area contributed by atoms with Crippen molar-refractivity contribution in [2.45, 2.75) is 23.0 Å². The molecule has 0 saturated heterocycles. The van der Waals surface area contributed by atoms with Crippen molar-refractivity contribution in [3.63, 3.8) is 0 Å². The number of methoxy groups -OCH3 is 2. The van der Waals surface area contributed by atoms with Gasteiger partial charge in [0.05, 0.1) is 25.4 Å². The van der Waals surface area contributed by atoms with Gasteiger partial charge in [-0.15, -0.1) is 0 Å². The van der Waals surface area contributed by atoms with E-state index in [1.807, 2.05) is 47.0 Å². The number of benzene rings is 2. The van der Waals surface area contributed by atoms with Crippen LogP contribution in [-0.4, -0.2) is 33.7 Å². The number of hydrogen-bond acceptors (Lipinski definition) is 7. The number of halogens is 1. The smallest absolute Gasteiger partial charge is 0.195 e. The normalized spacial score (nSPS) is 11.0. The van der Waals surface area contributed by atoms with E-state index >= 15 is 0 Å². The van der Waals surface area contributed by atoms with Gasteiger partial charge in [-0.1, -0.05) is 29.8 Å². The van der Waals surface area contributed by atoms with Crippen LogP contribution in [0.15, 0.2) is 58.8 Å². The lowest BCUT2D eigenvalue weighted by atomic mass is 10.1. The van der Waals surface area contributed by atoms with Gasteiger partial charge in [-0.2, -0.15) is 0 Å². The minimum Gasteiger partial charge on any atom is -0.497 e. The molecular formula is C21H20ClN5O2S. The number of nitrogen functional groups attached to an aromatic ring is 1. The van der Waals surface area contributed by atoms with E-state index in [1.54, 1.807) is 20.5 Å². The third kappa shape index (κ3) is 4.15. The Balaban J connectivity index is 1.64. The zero-order chi connectivity index (χ0) is 21.1. The van der Waals surface area contributed by atoms with Gasteiger partial charge in [0.15, 0.2) is 22.5 Å². The molecule has 0 saturated carbocycles. The maximum atomic E-state index is 6.28. The highest BCUT2D eigenvalue weighted by atomic mass is 35.5. The van der Waals surface area contributed by atoms with Crippen LogP contribution >= 0.6 is 23.4 Å². The molecule has 2 heterocycles. The summed E-state index contributed by atoms with van der Waals surface area (Å²) < 4.78 is 12.7. The lowest BCUT2D eigenvalue weighted by Crippen LogP contribution is -2.10. The average molecular weight is 442 g/mol. The zero-order valence-corrected chi connectivity index (χ0v) is 18.1. The van der Waals surface area contributed by atoms with Gasteiger partial charge in [-0.25, -0.2) is 15.0 Å². The van der Waals surface area contributed by atoms with Crippen LogP contribution in [-0.2, 0) is 13.0 Å². The maximum Gasteiger partial charge on any atom is 0.195 e. The lowest BCUT2D eigenvalue weighted by Gasteiger charge is -2.11. The number of fused-ring (bicyclic) bond motifs is 1. The number of hydrogen-bond donors (Lipinski definition) is 1. The second-order valence-electron chi connectivity index (χ2n) is 6.46. The number of rotatable bonds is 7. The van der Waals surface area contributed by atoms with Gasteiger partial charge < -0.3 is 19.8 Å². The molecule has 0 bridgehead atoms. The van der Waals surface area contributed by atoms with E-state index in [9.17, 15) is 0 Å². The number of imidazole rings is 1. The summed E-state index contributed by atoms with van der Waals surface area (Å²) in [4.78, 5) is 14.4. The predicted octanol–water partition coefficient (Wildman–Crippen LogP) is 4.42. The van der Waals surface area contributed by atoms with E-state index < -0.39 is 0 Å². The molecule has 154 valence electrons. The molecular weight excluding hydrogens is 422 g/mol. The summed E-state index contributed by atoms with van der Waals surface area (Å²) in [5.41, 5.74) is 7.70. The summed E-state index contributed by atoms with van der Waals surface area (Å²) >= 11 is 7.67. The summed E-state index contributed by atoms with van der Waals surface area (Å²) in [5.74, 6) is 2.47. The SMILES string of the molecule is COc1ccc(OC)c(Sc2nc3c(N)ncn(CCc4ccccc4Cl)c-3n2)c1. The summed E-state index contributed by atoms with van der Waals surface area (Å²) in [6, 6.07) is 13.4. The Morgan fingerprint density at radius 3 is 2.70 bits per heavy atom. The Bertz CT molecular complexity index is 1150. The Kier molecular flexibility index (Phi) is 5.96. The molecule has 2 aromatic rings. The van der Waals surface area contributed by atoms with Crippen molar-refractivity contribution in [2.24, 2.45) is 0 Å². The molecule has 0 aliphatic carbocycles. The van der Waals surface area contributed by atoms with Gasteiger partial charge in [0.1, 0.15) is 11.5 Å². The second-order valence-corrected chi connectivity index (χ2v) is 7.88. The van der Waals surface area contributed by atoms with E-state index in [4.69, 9.17) is 31.8 Å². The first-order valence-electron chi connectivity index (χ1n) is 9.20. The minimum absolute atomic E-state index is 0.343. The summed E-state index contributed by atoms with van der Waals surface area (Å²) in [6.45, 7) is 0.652. The largest absolute Gasteiger partial charge is 0.497 e. The molecule has 9 heteroatoms. The third-order valence-electron chi connectivity index (χ3n) is 4.62. The first-order valence-corrected chi connectivity index (χ1v) is 10.4. The monoisotopic (exact) mass is 441 g/mol. The molecule has 0 radical (unpaired) electrons. The molecule has 0 fully saturated rings. The topological polar surface area (TPSA) is 88.1 Å². The molecule has 0 spiro atoms. The fourth-order valence-electron chi connectivity index (χ4n) is 3.05. The molecule has 0 atom stereocenters. The zero-order valence-electron chi connectivity index (χ0n) is 16.5. The van der Waals surface area contributed by atoms with Crippen molar-refractivity contribution in [2.75, 3.05) is 20.0 Å². The van der Waals surface area contributed by atoms with Crippen LogP contribution in [0.2, 0.25) is 5.02 Å². The Hall–Kier alpha value is -2.97. The Morgan fingerprint density at radius 2 is 1.93 bits per heavy atom. The van der Waals surface area contributed by atoms with Gasteiger partial charge in [-0.05, 0) is 48.0 Å². The van der Waals surface area contributed by atoms with Gasteiger partial charge in [0, 0.05) is 11.6 Å². The van der Waals surface area contributed by atoms with Crippen LogP contribution in [0.1, 0.15) is 5.56 Å². The molecule has 0 unspecified atom stereocenters. The number of nitrogens with zero attached hydrogens (tertiary/aromatic N) is 4. The first kappa shape index (κ1) is 20.3. The van der Waals surface area contributed by atoms with Crippen LogP contribution in [0.5, 0.6) is 11.5 Å². The van der Waals surface area contributed by atoms with Crippen LogP contribution in [0.3, 0.4) is 0 Å². The first-order chi connectivity index (χ1) is 14.6. The van der Waals surface area contributed by atoms with Gasteiger partial charge in [-0.3, -0.25) is 0 Å². The molecule has 2 aliphatic heterocycles. The minimum atomic E-state index is 0.343. The molecule has 7 nitrogen and oxygen atoms in total. The van der Waals surface area contributed by atoms with Crippen molar-refractivity contribution in [1.29, 1.82) is 0 Å². The average Bonchev–Trinajstić information content (AvgIpc) is 3.19. The highest BCUT2D eigenvalue weighted by Crippen LogP contribution is 2.38. The van der Waals surface area contributed by atoms with E-state index in [2.05, 4.69) is 9.97 Å². The van der Waals surface area contributed by atoms with E-state index in [0.717, 1.165) is 27.7 Å². The standard InChI is InChI=1S/C21H20ClN5O2S/c1-28-14-7-8-16(29-2)17(11-14)30-21-25-18-19(23)24-12-27(20(18)26-21)10-9-13-5-3-4-6-15(13)22/h3-8,11-12H,9-10,23H2,1-2H3. The maximum absolute atomic E-state index is 6.28. The van der Waals surface area contributed by atoms with E-state index in [1.165, 1.54) is 11.8 Å². The van der Waals surface area contributed by atoms with Crippen LogP contribution in [0.4, 0.5) is 5.82 Å². The fraction of sp³-hybridized carbons (Fsp3) is 0.190. The van der Waals surface area contributed by atoms with E-state index in [-0.39, 0.29) is 0 Å². The van der Waals surface area contributed by atoms with Crippen molar-refractivity contribution in [1.82, 2.24) is 19.5 Å². The summed E-state index contributed by atoms with van der Waals surface area (Å²) in [6.07, 6.45) is 2.42. The molecule has 2 aromatic carbocycles. The molecule has 2 N–H and O–H groups in total. The summed E-state index contributed by atoms with van der Waals surface area (Å²) in [7, 11) is 3.25. The van der Waals surface area contributed by atoms with Crippen molar-refractivity contribution >= 4 is 29.2 Å². The number of aromatic nitrogens is 4. The summed E-state index contributed by atoms with van der Waals surface area (Å²) in [5, 5.41) is 1.30. The number of aryl methyl sites for hydroxylation is 2. The Morgan fingerprint density at radius 1 is 1.10 bits per heavy atom. The van der Waals surface area contributed by atoms with Crippen LogP contribution in [0.25, 0.3) is 11.5 Å². The lowest BCUT2D eigenvalue weighted by molar-refractivity contribution is 0.394. The highest BCUT2D eigenvalue weighted by molar-refractivity contribution is 7.99. The highest BCUT2D eigenvalue weighted by Gasteiger charge is 2.20. The van der Waals surface area contributed by atoms with Gasteiger partial charge in [0.2, 0.25) is 0 Å². The van der Waals surface area contributed by atoms with Crippen LogP contribution in [0, 0.1) is 0 Å². The van der Waals surface area contributed by atoms with Crippen molar-refractivity contribution < 1.29 is 9.47 Å². The number of anilines is 1. The van der Waals surface area contributed by atoms with Gasteiger partial charge >= 0.3 is 0 Å². The number of ether oxygens (including phenoxy) is 2. The van der Waals surface area contributed by atoms with Gasteiger partial charge in [0.25, 0.3) is 0 Å². The molecule has 4 rings (SSSR count). The molecule has 30 heavy (non-hydrogen) atoms. The van der Waals surface area contributed by atoms with Crippen LogP contribution < -0.4 is 15.2 Å². The molecule has 2 aliphatic rings. The molecule has 0 amide bonds. The van der Waals surface area contributed by atoms with E-state index in [0.29, 0.717) is 34.8 Å². The number of nitrogens with two attached hydrogens (primary N) is 1. The molecule has 0 aromatic heterocycles. The third-order valence-corrected chi connectivity index (χ3v) is 5.90. The quantitative estimate of drug-likeness (QED) is 0.454. The second kappa shape index (κ2) is 8.81. The predicted molar refractivity (Wildman–Crippen MR) is 118 cm³/mol. The van der Waals surface area contributed by atoms with Crippen molar-refractivity contribution in [3.05, 3.63) is 59.4 Å². The fourth-order valence-corrected chi connectivity index (χ4v) is 4.17.